The second-order valence-electron chi connectivity index (χ2n) is 3.38. The Morgan fingerprint density at radius 2 is 2.21 bits per heavy atom. The highest BCUT2D eigenvalue weighted by Gasteiger charge is 2.31. The lowest BCUT2D eigenvalue weighted by Gasteiger charge is -2.35. The maximum absolute atomic E-state index is 5.55. The summed E-state index contributed by atoms with van der Waals surface area (Å²) in [6, 6.07) is 0.280. The summed E-state index contributed by atoms with van der Waals surface area (Å²) in [5.41, 5.74) is 2.88. The Hall–Kier alpha value is 0.580. The van der Waals surface area contributed by atoms with Gasteiger partial charge in [-0.3, -0.25) is 11.3 Å². The smallest absolute Gasteiger partial charge is 0.0640 e. The van der Waals surface area contributed by atoms with Crippen molar-refractivity contribution < 1.29 is 4.74 Å². The second kappa shape index (κ2) is 6.95. The van der Waals surface area contributed by atoms with E-state index in [-0.39, 0.29) is 6.04 Å². The molecule has 1 aliphatic heterocycles. The van der Waals surface area contributed by atoms with Gasteiger partial charge in [0, 0.05) is 29.1 Å². The van der Waals surface area contributed by atoms with Gasteiger partial charge in [-0.2, -0.15) is 23.5 Å². The molecule has 0 radical (unpaired) electrons. The number of nitrogens with two attached hydrogens (primary N) is 1. The van der Waals surface area contributed by atoms with Crippen molar-refractivity contribution in [2.45, 2.75) is 29.9 Å². The molecule has 14 heavy (non-hydrogen) atoms. The second-order valence-corrected chi connectivity index (χ2v) is 6.01. The molecule has 3 nitrogen and oxygen atoms in total. The van der Waals surface area contributed by atoms with E-state index in [2.05, 4.69) is 24.1 Å². The molecule has 0 spiro atoms. The number of hydrogen-bond acceptors (Lipinski definition) is 5. The normalized spacial score (nSPS) is 30.2. The third-order valence-electron chi connectivity index (χ3n) is 2.45. The molecule has 1 saturated heterocycles. The minimum atomic E-state index is 0.280. The molecule has 0 aromatic carbocycles. The first-order valence-corrected chi connectivity index (χ1v) is 7.11. The van der Waals surface area contributed by atoms with Crippen molar-refractivity contribution in [1.29, 1.82) is 0 Å². The van der Waals surface area contributed by atoms with Crippen LogP contribution in [0.3, 0.4) is 0 Å². The Morgan fingerprint density at radius 1 is 1.50 bits per heavy atom. The predicted octanol–water partition coefficient (Wildman–Crippen LogP) is 1.09. The molecule has 84 valence electrons. The predicted molar refractivity (Wildman–Crippen MR) is 65.8 cm³/mol. The summed E-state index contributed by atoms with van der Waals surface area (Å²) in [6.07, 6.45) is 1.21. The van der Waals surface area contributed by atoms with Gasteiger partial charge in [-0.15, -0.1) is 0 Å². The number of thioether (sulfide) groups is 2. The molecule has 3 atom stereocenters. The number of hydrogen-bond donors (Lipinski definition) is 2. The first kappa shape index (κ1) is 12.6. The summed E-state index contributed by atoms with van der Waals surface area (Å²) in [4.78, 5) is 0. The van der Waals surface area contributed by atoms with Crippen molar-refractivity contribution in [2.75, 3.05) is 25.2 Å². The van der Waals surface area contributed by atoms with Gasteiger partial charge in [-0.1, -0.05) is 6.92 Å². The van der Waals surface area contributed by atoms with Crippen LogP contribution in [-0.4, -0.2) is 41.8 Å². The number of hydrazine groups is 1. The molecule has 1 aliphatic rings. The fourth-order valence-electron chi connectivity index (χ4n) is 1.73. The van der Waals surface area contributed by atoms with Gasteiger partial charge >= 0.3 is 0 Å². The number of rotatable bonds is 5. The van der Waals surface area contributed by atoms with E-state index in [0.29, 0.717) is 17.1 Å². The van der Waals surface area contributed by atoms with Crippen molar-refractivity contribution in [3.63, 3.8) is 0 Å². The Balaban J connectivity index is 2.51. The van der Waals surface area contributed by atoms with E-state index >= 15 is 0 Å². The summed E-state index contributed by atoms with van der Waals surface area (Å²) in [5.74, 6) is 8.05. The Labute approximate surface area is 94.9 Å². The van der Waals surface area contributed by atoms with Crippen LogP contribution >= 0.6 is 23.5 Å². The molecule has 0 aromatic rings. The highest BCUT2D eigenvalue weighted by atomic mass is 32.2. The molecule has 5 heteroatoms. The maximum Gasteiger partial charge on any atom is 0.0640 e. The molecule has 3 unspecified atom stereocenters. The SMILES string of the molecule is CCC1SCCSC1C(COC)NN. The van der Waals surface area contributed by atoms with Crippen LogP contribution in [0.4, 0.5) is 0 Å². The first-order valence-electron chi connectivity index (χ1n) is 5.01. The van der Waals surface area contributed by atoms with Gasteiger partial charge in [0.25, 0.3) is 0 Å². The average molecular weight is 236 g/mol. The lowest BCUT2D eigenvalue weighted by molar-refractivity contribution is 0.164. The lowest BCUT2D eigenvalue weighted by Crippen LogP contribution is -2.50. The van der Waals surface area contributed by atoms with Gasteiger partial charge in [0.05, 0.1) is 12.6 Å². The Bertz CT molecular complexity index is 160. The van der Waals surface area contributed by atoms with E-state index in [0.717, 1.165) is 0 Å². The molecule has 0 bridgehead atoms. The summed E-state index contributed by atoms with van der Waals surface area (Å²) in [5, 5.41) is 1.30. The highest BCUT2D eigenvalue weighted by molar-refractivity contribution is 8.07. The molecule has 1 rings (SSSR count). The van der Waals surface area contributed by atoms with Crippen LogP contribution in [0.25, 0.3) is 0 Å². The standard InChI is InChI=1S/C9H20N2OS2/c1-3-8-9(14-5-4-13-8)7(11-10)6-12-2/h7-9,11H,3-6,10H2,1-2H3. The lowest BCUT2D eigenvalue weighted by atomic mass is 10.1. The van der Waals surface area contributed by atoms with Crippen molar-refractivity contribution in [2.24, 2.45) is 5.84 Å². The summed E-state index contributed by atoms with van der Waals surface area (Å²) in [6.45, 7) is 2.95. The maximum atomic E-state index is 5.55. The number of nitrogens with one attached hydrogen (secondary N) is 1. The number of methoxy groups -OCH3 is 1. The van der Waals surface area contributed by atoms with Gasteiger partial charge in [-0.05, 0) is 6.42 Å². The van der Waals surface area contributed by atoms with E-state index in [1.165, 1.54) is 17.9 Å². The van der Waals surface area contributed by atoms with E-state index in [9.17, 15) is 0 Å². The van der Waals surface area contributed by atoms with Gasteiger partial charge in [0.1, 0.15) is 0 Å². The van der Waals surface area contributed by atoms with Crippen LogP contribution in [0.2, 0.25) is 0 Å². The van der Waals surface area contributed by atoms with E-state index in [4.69, 9.17) is 10.6 Å². The first-order chi connectivity index (χ1) is 6.83. The molecule has 3 N–H and O–H groups in total. The molecule has 0 amide bonds. The van der Waals surface area contributed by atoms with Crippen LogP contribution in [0.15, 0.2) is 0 Å². The van der Waals surface area contributed by atoms with E-state index < -0.39 is 0 Å². The van der Waals surface area contributed by atoms with Crippen molar-refractivity contribution in [1.82, 2.24) is 5.43 Å². The van der Waals surface area contributed by atoms with Crippen molar-refractivity contribution in [3.8, 4) is 0 Å². The van der Waals surface area contributed by atoms with Crippen LogP contribution in [0, 0.1) is 0 Å². The Kier molecular flexibility index (Phi) is 6.28. The van der Waals surface area contributed by atoms with Gasteiger partial charge in [-0.25, -0.2) is 0 Å². The summed E-state index contributed by atoms with van der Waals surface area (Å²) >= 11 is 4.09. The molecule has 1 heterocycles. The largest absolute Gasteiger partial charge is 0.383 e. The third-order valence-corrected chi connectivity index (χ3v) is 5.86. The molecule has 0 aromatic heterocycles. The zero-order valence-electron chi connectivity index (χ0n) is 8.86. The zero-order valence-corrected chi connectivity index (χ0v) is 10.5. The molecule has 1 fully saturated rings. The quantitative estimate of drug-likeness (QED) is 0.553. The topological polar surface area (TPSA) is 47.3 Å². The number of ether oxygens (including phenoxy) is 1. The van der Waals surface area contributed by atoms with Crippen molar-refractivity contribution >= 4 is 23.5 Å². The van der Waals surface area contributed by atoms with Gasteiger partial charge in [0.2, 0.25) is 0 Å². The Morgan fingerprint density at radius 3 is 2.79 bits per heavy atom. The fourth-order valence-corrected chi connectivity index (χ4v) is 4.96. The summed E-state index contributed by atoms with van der Waals surface area (Å²) in [7, 11) is 1.73. The summed E-state index contributed by atoms with van der Waals surface area (Å²) < 4.78 is 5.18. The third kappa shape index (κ3) is 3.31. The van der Waals surface area contributed by atoms with Crippen molar-refractivity contribution in [3.05, 3.63) is 0 Å². The van der Waals surface area contributed by atoms with Crippen LogP contribution in [-0.2, 0) is 4.74 Å². The molecule has 0 saturated carbocycles. The van der Waals surface area contributed by atoms with Crippen LogP contribution in [0.5, 0.6) is 0 Å². The van der Waals surface area contributed by atoms with Gasteiger partial charge in [0.15, 0.2) is 0 Å². The average Bonchev–Trinajstić information content (AvgIpc) is 2.26. The minimum Gasteiger partial charge on any atom is -0.383 e. The van der Waals surface area contributed by atoms with Crippen LogP contribution in [0.1, 0.15) is 13.3 Å². The fraction of sp³-hybridized carbons (Fsp3) is 1.00. The van der Waals surface area contributed by atoms with E-state index in [1.54, 1.807) is 7.11 Å². The zero-order chi connectivity index (χ0) is 10.4. The highest BCUT2D eigenvalue weighted by Crippen LogP contribution is 2.34. The molecular weight excluding hydrogens is 216 g/mol. The molecular formula is C9H20N2OS2. The van der Waals surface area contributed by atoms with Crippen LogP contribution < -0.4 is 11.3 Å². The van der Waals surface area contributed by atoms with E-state index in [1.807, 2.05) is 11.8 Å². The monoisotopic (exact) mass is 236 g/mol. The minimum absolute atomic E-state index is 0.280. The van der Waals surface area contributed by atoms with Gasteiger partial charge < -0.3 is 4.74 Å². The molecule has 0 aliphatic carbocycles.